The van der Waals surface area contributed by atoms with E-state index >= 15 is 0 Å². The molecule has 0 unspecified atom stereocenters. The summed E-state index contributed by atoms with van der Waals surface area (Å²) in [5.74, 6) is 1.37. The van der Waals surface area contributed by atoms with Crippen molar-refractivity contribution in [2.75, 3.05) is 31.2 Å². The fourth-order valence-corrected chi connectivity index (χ4v) is 4.01. The molecule has 2 atom stereocenters. The molecule has 4 heterocycles. The van der Waals surface area contributed by atoms with Crippen molar-refractivity contribution < 1.29 is 18.6 Å². The van der Waals surface area contributed by atoms with Crippen molar-refractivity contribution in [3.05, 3.63) is 53.6 Å². The van der Waals surface area contributed by atoms with E-state index in [0.29, 0.717) is 32.1 Å². The summed E-state index contributed by atoms with van der Waals surface area (Å²) in [5.41, 5.74) is 2.94. The Morgan fingerprint density at radius 2 is 1.72 bits per heavy atom. The summed E-state index contributed by atoms with van der Waals surface area (Å²) < 4.78 is 33.1. The fourth-order valence-electron chi connectivity index (χ4n) is 4.01. The lowest BCUT2D eigenvalue weighted by atomic mass is 10.2. The predicted octanol–water partition coefficient (Wildman–Crippen LogP) is 2.54. The molecule has 0 bridgehead atoms. The van der Waals surface area contributed by atoms with Crippen molar-refractivity contribution in [3.63, 3.8) is 0 Å². The molecular formula is C21H23FN4O3. The Balaban J connectivity index is 1.30. The zero-order chi connectivity index (χ0) is 20.0. The Hall–Kier alpha value is -2.71. The van der Waals surface area contributed by atoms with Gasteiger partial charge in [-0.15, -0.1) is 0 Å². The summed E-state index contributed by atoms with van der Waals surface area (Å²) in [7, 11) is 0. The number of fused-ring (bicyclic) bond motifs is 2. The Kier molecular flexibility index (Phi) is 4.60. The number of anilines is 1. The van der Waals surface area contributed by atoms with E-state index in [2.05, 4.69) is 21.9 Å². The molecule has 0 amide bonds. The van der Waals surface area contributed by atoms with E-state index in [0.717, 1.165) is 22.7 Å². The van der Waals surface area contributed by atoms with E-state index in [1.165, 1.54) is 12.1 Å². The molecule has 3 aromatic rings. The molecule has 29 heavy (non-hydrogen) atoms. The van der Waals surface area contributed by atoms with Crippen LogP contribution in [0.3, 0.4) is 0 Å². The SMILES string of the molecule is Cc1nc2ccnn2c(N2C[C@@H]3OCC(Oc4ccc(F)cc4)CO[C@H]3C2)c1C. The highest BCUT2D eigenvalue weighted by Crippen LogP contribution is 2.30. The van der Waals surface area contributed by atoms with Crippen molar-refractivity contribution in [1.82, 2.24) is 14.6 Å². The van der Waals surface area contributed by atoms with Gasteiger partial charge in [0.25, 0.3) is 0 Å². The van der Waals surface area contributed by atoms with E-state index in [4.69, 9.17) is 14.2 Å². The molecule has 2 aromatic heterocycles. The van der Waals surface area contributed by atoms with Crippen LogP contribution in [-0.2, 0) is 9.47 Å². The highest BCUT2D eigenvalue weighted by Gasteiger charge is 2.39. The molecule has 5 rings (SSSR count). The number of aryl methyl sites for hydroxylation is 1. The van der Waals surface area contributed by atoms with E-state index < -0.39 is 0 Å². The number of hydrogen-bond donors (Lipinski definition) is 0. The van der Waals surface area contributed by atoms with Gasteiger partial charge in [-0.05, 0) is 38.1 Å². The standard InChI is InChI=1S/C21H23FN4O3/c1-13-14(2)24-20-7-8-23-26(20)21(13)25-9-18-19(10-25)28-12-17(11-27-18)29-16-5-3-15(22)4-6-16/h3-8,17-19H,9-12H2,1-2H3/t18-,19-/m0/s1. The zero-order valence-corrected chi connectivity index (χ0v) is 16.4. The van der Waals surface area contributed by atoms with Gasteiger partial charge in [0, 0.05) is 30.4 Å². The summed E-state index contributed by atoms with van der Waals surface area (Å²) in [4.78, 5) is 6.86. The number of hydrogen-bond acceptors (Lipinski definition) is 6. The minimum atomic E-state index is -0.284. The van der Waals surface area contributed by atoms with Gasteiger partial charge in [-0.3, -0.25) is 0 Å². The molecule has 2 saturated heterocycles. The van der Waals surface area contributed by atoms with Crippen LogP contribution in [0.5, 0.6) is 5.75 Å². The molecule has 2 aliphatic heterocycles. The third-order valence-electron chi connectivity index (χ3n) is 5.61. The maximum Gasteiger partial charge on any atom is 0.157 e. The molecule has 2 aliphatic rings. The first kappa shape index (κ1) is 18.3. The van der Waals surface area contributed by atoms with Gasteiger partial charge in [0.15, 0.2) is 5.65 Å². The van der Waals surface area contributed by atoms with Crippen LogP contribution >= 0.6 is 0 Å². The van der Waals surface area contributed by atoms with E-state index in [1.807, 2.05) is 17.5 Å². The van der Waals surface area contributed by atoms with Crippen LogP contribution in [0.15, 0.2) is 36.5 Å². The molecule has 0 radical (unpaired) electrons. The number of halogens is 1. The summed E-state index contributed by atoms with van der Waals surface area (Å²) in [6.07, 6.45) is 1.45. The summed E-state index contributed by atoms with van der Waals surface area (Å²) in [6, 6.07) is 7.92. The van der Waals surface area contributed by atoms with Crippen LogP contribution in [-0.4, -0.2) is 59.2 Å². The average Bonchev–Trinajstić information content (AvgIpc) is 3.29. The van der Waals surface area contributed by atoms with Gasteiger partial charge in [0.2, 0.25) is 0 Å². The topological polar surface area (TPSA) is 61.1 Å². The van der Waals surface area contributed by atoms with Crippen LogP contribution in [0.1, 0.15) is 11.3 Å². The van der Waals surface area contributed by atoms with Crippen molar-refractivity contribution in [3.8, 4) is 5.75 Å². The normalized spacial score (nSPS) is 22.7. The molecule has 0 spiro atoms. The minimum absolute atomic E-state index is 0.0460. The number of nitrogens with zero attached hydrogens (tertiary/aromatic N) is 4. The lowest BCUT2D eigenvalue weighted by molar-refractivity contribution is -0.00461. The molecule has 7 nitrogen and oxygen atoms in total. The van der Waals surface area contributed by atoms with Crippen molar-refractivity contribution >= 4 is 11.5 Å². The lowest BCUT2D eigenvalue weighted by Crippen LogP contribution is -2.30. The number of benzene rings is 1. The van der Waals surface area contributed by atoms with Gasteiger partial charge in [-0.1, -0.05) is 0 Å². The van der Waals surface area contributed by atoms with Gasteiger partial charge in [0.1, 0.15) is 35.7 Å². The van der Waals surface area contributed by atoms with E-state index in [1.54, 1.807) is 18.3 Å². The van der Waals surface area contributed by atoms with Gasteiger partial charge in [-0.25, -0.2) is 9.37 Å². The average molecular weight is 398 g/mol. The largest absolute Gasteiger partial charge is 0.486 e. The first-order valence-electron chi connectivity index (χ1n) is 9.80. The minimum Gasteiger partial charge on any atom is -0.486 e. The van der Waals surface area contributed by atoms with Crippen LogP contribution in [0, 0.1) is 19.7 Å². The molecule has 0 saturated carbocycles. The molecule has 152 valence electrons. The number of aromatic nitrogens is 3. The smallest absolute Gasteiger partial charge is 0.157 e. The second-order valence-corrected chi connectivity index (χ2v) is 7.59. The molecule has 8 heteroatoms. The highest BCUT2D eigenvalue weighted by molar-refractivity contribution is 5.57. The van der Waals surface area contributed by atoms with Crippen LogP contribution in [0.4, 0.5) is 10.2 Å². The predicted molar refractivity (Wildman–Crippen MR) is 105 cm³/mol. The molecule has 1 aromatic carbocycles. The molecule has 0 aliphatic carbocycles. The van der Waals surface area contributed by atoms with Crippen molar-refractivity contribution in [1.29, 1.82) is 0 Å². The Labute approximate surface area is 168 Å². The monoisotopic (exact) mass is 398 g/mol. The third kappa shape index (κ3) is 3.42. The van der Waals surface area contributed by atoms with Crippen molar-refractivity contribution in [2.45, 2.75) is 32.2 Å². The highest BCUT2D eigenvalue weighted by atomic mass is 19.1. The lowest BCUT2D eigenvalue weighted by Gasteiger charge is -2.23. The summed E-state index contributed by atoms with van der Waals surface area (Å²) in [6.45, 7) is 6.38. The number of ether oxygens (including phenoxy) is 3. The Morgan fingerprint density at radius 1 is 1.03 bits per heavy atom. The first-order chi connectivity index (χ1) is 14.1. The zero-order valence-electron chi connectivity index (χ0n) is 16.4. The molecule has 0 N–H and O–H groups in total. The van der Waals surface area contributed by atoms with Gasteiger partial charge < -0.3 is 19.1 Å². The number of rotatable bonds is 3. The van der Waals surface area contributed by atoms with Crippen molar-refractivity contribution in [2.24, 2.45) is 0 Å². The summed E-state index contributed by atoms with van der Waals surface area (Å²) >= 11 is 0. The second-order valence-electron chi connectivity index (χ2n) is 7.59. The Morgan fingerprint density at radius 3 is 2.41 bits per heavy atom. The van der Waals surface area contributed by atoms with Crippen LogP contribution < -0.4 is 9.64 Å². The third-order valence-corrected chi connectivity index (χ3v) is 5.61. The maximum absolute atomic E-state index is 13.1. The van der Waals surface area contributed by atoms with Gasteiger partial charge in [0.05, 0.1) is 19.4 Å². The fraction of sp³-hybridized carbons (Fsp3) is 0.429. The van der Waals surface area contributed by atoms with Gasteiger partial charge >= 0.3 is 0 Å². The molecular weight excluding hydrogens is 375 g/mol. The van der Waals surface area contributed by atoms with Gasteiger partial charge in [-0.2, -0.15) is 9.61 Å². The first-order valence-corrected chi connectivity index (χ1v) is 9.80. The van der Waals surface area contributed by atoms with Crippen LogP contribution in [0.25, 0.3) is 5.65 Å². The quantitative estimate of drug-likeness (QED) is 0.676. The van der Waals surface area contributed by atoms with E-state index in [9.17, 15) is 4.39 Å². The maximum atomic E-state index is 13.1. The summed E-state index contributed by atoms with van der Waals surface area (Å²) in [5, 5.41) is 4.45. The molecule has 2 fully saturated rings. The van der Waals surface area contributed by atoms with Crippen LogP contribution in [0.2, 0.25) is 0 Å². The van der Waals surface area contributed by atoms with E-state index in [-0.39, 0.29) is 24.1 Å². The second kappa shape index (κ2) is 7.27. The Bertz CT molecular complexity index is 1010.